The molecule has 200 valence electrons. The maximum atomic E-state index is 13.5. The molecule has 39 heavy (non-hydrogen) atoms. The second-order valence-corrected chi connectivity index (χ2v) is 10.1. The van der Waals surface area contributed by atoms with Crippen molar-refractivity contribution in [1.82, 2.24) is 9.97 Å². The number of Topliss-reactive ketones (excluding diaryl/α,β-unsaturated/α-hetero) is 1. The van der Waals surface area contributed by atoms with E-state index in [9.17, 15) is 14.7 Å². The largest absolute Gasteiger partial charge is 0.507 e. The van der Waals surface area contributed by atoms with Crippen molar-refractivity contribution in [1.29, 1.82) is 0 Å². The fourth-order valence-electron chi connectivity index (χ4n) is 4.55. The van der Waals surface area contributed by atoms with Crippen molar-refractivity contribution >= 4 is 44.1 Å². The minimum Gasteiger partial charge on any atom is -0.507 e. The van der Waals surface area contributed by atoms with Gasteiger partial charge in [-0.05, 0) is 61.4 Å². The number of thiazole rings is 1. The molecular weight excluding hydrogens is 514 g/mol. The van der Waals surface area contributed by atoms with E-state index >= 15 is 0 Å². The highest BCUT2D eigenvalue weighted by Crippen LogP contribution is 2.44. The summed E-state index contributed by atoms with van der Waals surface area (Å²) in [6.45, 7) is 5.19. The molecule has 1 saturated heterocycles. The molecule has 0 spiro atoms. The number of fused-ring (bicyclic) bond motifs is 1. The maximum absolute atomic E-state index is 13.5. The number of benzene rings is 2. The highest BCUT2D eigenvalue weighted by molar-refractivity contribution is 7.22. The van der Waals surface area contributed by atoms with Crippen molar-refractivity contribution in [2.75, 3.05) is 18.1 Å². The van der Waals surface area contributed by atoms with Crippen LogP contribution in [0.5, 0.6) is 11.5 Å². The molecule has 0 saturated carbocycles. The summed E-state index contributed by atoms with van der Waals surface area (Å²) < 4.78 is 12.3. The van der Waals surface area contributed by atoms with Crippen LogP contribution in [0.2, 0.25) is 0 Å². The van der Waals surface area contributed by atoms with Gasteiger partial charge in [0, 0.05) is 18.0 Å². The van der Waals surface area contributed by atoms with Crippen LogP contribution in [0.1, 0.15) is 50.3 Å². The fourth-order valence-corrected chi connectivity index (χ4v) is 5.57. The van der Waals surface area contributed by atoms with E-state index in [4.69, 9.17) is 9.47 Å². The Morgan fingerprint density at radius 2 is 1.72 bits per heavy atom. The Kier molecular flexibility index (Phi) is 7.88. The number of unbranched alkanes of at least 4 members (excludes halogenated alkanes) is 2. The molecule has 3 heterocycles. The molecule has 1 aliphatic heterocycles. The molecule has 8 nitrogen and oxygen atoms in total. The number of anilines is 1. The summed E-state index contributed by atoms with van der Waals surface area (Å²) in [4.78, 5) is 36.9. The van der Waals surface area contributed by atoms with Crippen molar-refractivity contribution in [3.05, 3.63) is 83.7 Å². The third-order valence-corrected chi connectivity index (χ3v) is 7.49. The van der Waals surface area contributed by atoms with Crippen molar-refractivity contribution in [2.45, 2.75) is 39.2 Å². The number of aliphatic hydroxyl groups excluding tert-OH is 1. The van der Waals surface area contributed by atoms with E-state index in [-0.39, 0.29) is 11.3 Å². The summed E-state index contributed by atoms with van der Waals surface area (Å²) in [5.41, 5.74) is 1.73. The lowest BCUT2D eigenvalue weighted by atomic mass is 9.95. The van der Waals surface area contributed by atoms with Gasteiger partial charge < -0.3 is 14.6 Å². The predicted molar refractivity (Wildman–Crippen MR) is 151 cm³/mol. The first-order chi connectivity index (χ1) is 19.0. The Bertz CT molecular complexity index is 1510. The highest BCUT2D eigenvalue weighted by atomic mass is 32.1. The van der Waals surface area contributed by atoms with Gasteiger partial charge in [0.1, 0.15) is 17.3 Å². The van der Waals surface area contributed by atoms with E-state index in [2.05, 4.69) is 16.9 Å². The first kappa shape index (κ1) is 26.4. The van der Waals surface area contributed by atoms with E-state index in [1.807, 2.05) is 49.4 Å². The Hall–Kier alpha value is -4.24. The molecule has 1 aliphatic rings. The molecule has 4 aromatic rings. The number of ether oxygens (including phenoxy) is 2. The Morgan fingerprint density at radius 1 is 0.974 bits per heavy atom. The number of pyridine rings is 1. The monoisotopic (exact) mass is 543 g/mol. The number of carbonyl (C=O) groups excluding carboxylic acids is 2. The van der Waals surface area contributed by atoms with Gasteiger partial charge in [0.2, 0.25) is 0 Å². The summed E-state index contributed by atoms with van der Waals surface area (Å²) >= 11 is 1.29. The summed E-state index contributed by atoms with van der Waals surface area (Å²) in [7, 11) is 0. The van der Waals surface area contributed by atoms with Gasteiger partial charge in [-0.1, -0.05) is 43.2 Å². The Balaban J connectivity index is 1.58. The van der Waals surface area contributed by atoms with E-state index in [1.54, 1.807) is 12.1 Å². The van der Waals surface area contributed by atoms with Crippen LogP contribution in [0.25, 0.3) is 16.0 Å². The zero-order valence-corrected chi connectivity index (χ0v) is 22.6. The predicted octanol–water partition coefficient (Wildman–Crippen LogP) is 6.29. The standard InChI is InChI=1S/C30H29N3O5S/c1-3-5-6-17-38-21-9-7-19(8-10-21)26-25(27(34)20-13-15-31-16-14-20)28(35)29(36)33(26)30-32-23-12-11-22(37-4-2)18-24(23)39-30/h7-16,18,26,34H,3-6,17H2,1-2H3. The van der Waals surface area contributed by atoms with E-state index in [1.165, 1.54) is 28.6 Å². The van der Waals surface area contributed by atoms with Gasteiger partial charge >= 0.3 is 5.91 Å². The molecule has 5 rings (SSSR count). The number of aromatic nitrogens is 2. The van der Waals surface area contributed by atoms with Gasteiger partial charge in [-0.15, -0.1) is 0 Å². The Morgan fingerprint density at radius 3 is 2.44 bits per heavy atom. The summed E-state index contributed by atoms with van der Waals surface area (Å²) in [5.74, 6) is -0.388. The first-order valence-electron chi connectivity index (χ1n) is 13.0. The zero-order valence-electron chi connectivity index (χ0n) is 21.8. The summed E-state index contributed by atoms with van der Waals surface area (Å²) in [5, 5.41) is 11.6. The van der Waals surface area contributed by atoms with Crippen molar-refractivity contribution in [3.8, 4) is 11.5 Å². The van der Waals surface area contributed by atoms with E-state index in [0.29, 0.717) is 46.5 Å². The molecule has 2 aromatic carbocycles. The van der Waals surface area contributed by atoms with Crippen LogP contribution in [-0.4, -0.2) is 40.0 Å². The van der Waals surface area contributed by atoms with Crippen LogP contribution in [0.3, 0.4) is 0 Å². The first-order valence-corrected chi connectivity index (χ1v) is 13.8. The molecule has 1 fully saturated rings. The van der Waals surface area contributed by atoms with Gasteiger partial charge in [0.05, 0.1) is 35.0 Å². The molecule has 1 unspecified atom stereocenters. The fraction of sp³-hybridized carbons (Fsp3) is 0.267. The molecule has 2 aromatic heterocycles. The smallest absolute Gasteiger partial charge is 0.301 e. The quantitative estimate of drug-likeness (QED) is 0.109. The van der Waals surface area contributed by atoms with Crippen molar-refractivity contribution in [3.63, 3.8) is 0 Å². The van der Waals surface area contributed by atoms with Crippen molar-refractivity contribution < 1.29 is 24.2 Å². The van der Waals surface area contributed by atoms with Crippen LogP contribution < -0.4 is 14.4 Å². The molecule has 9 heteroatoms. The molecule has 1 atom stereocenters. The number of rotatable bonds is 10. The summed E-state index contributed by atoms with van der Waals surface area (Å²) in [6, 6.07) is 15.1. The number of carbonyl (C=O) groups is 2. The van der Waals surface area contributed by atoms with E-state index in [0.717, 1.165) is 24.0 Å². The molecule has 0 aliphatic carbocycles. The van der Waals surface area contributed by atoms with Crippen LogP contribution >= 0.6 is 11.3 Å². The highest BCUT2D eigenvalue weighted by Gasteiger charge is 2.48. The average Bonchev–Trinajstić information content (AvgIpc) is 3.49. The van der Waals surface area contributed by atoms with E-state index < -0.39 is 17.7 Å². The SMILES string of the molecule is CCCCCOc1ccc(C2C(=C(O)c3ccncc3)C(=O)C(=O)N2c2nc3ccc(OCC)cc3s2)cc1. The van der Waals surface area contributed by atoms with Crippen LogP contribution in [0.4, 0.5) is 5.13 Å². The van der Waals surface area contributed by atoms with Gasteiger partial charge in [-0.25, -0.2) is 4.98 Å². The third-order valence-electron chi connectivity index (χ3n) is 6.48. The average molecular weight is 544 g/mol. The summed E-state index contributed by atoms with van der Waals surface area (Å²) in [6.07, 6.45) is 6.21. The number of hydrogen-bond donors (Lipinski definition) is 1. The van der Waals surface area contributed by atoms with Crippen molar-refractivity contribution in [2.24, 2.45) is 0 Å². The van der Waals surface area contributed by atoms with Gasteiger partial charge in [-0.3, -0.25) is 19.5 Å². The maximum Gasteiger partial charge on any atom is 0.301 e. The second-order valence-electron chi connectivity index (χ2n) is 9.09. The molecule has 1 amide bonds. The number of aliphatic hydroxyl groups is 1. The lowest BCUT2D eigenvalue weighted by Gasteiger charge is -2.23. The van der Waals surface area contributed by atoms with Gasteiger partial charge in [0.25, 0.3) is 5.78 Å². The minimum atomic E-state index is -0.876. The van der Waals surface area contributed by atoms with Crippen LogP contribution in [0.15, 0.2) is 72.6 Å². The molecule has 0 radical (unpaired) electrons. The lowest BCUT2D eigenvalue weighted by Crippen LogP contribution is -2.29. The normalized spacial score (nSPS) is 16.7. The topological polar surface area (TPSA) is 102 Å². The molecule has 0 bridgehead atoms. The second kappa shape index (κ2) is 11.7. The number of hydrogen-bond acceptors (Lipinski definition) is 8. The Labute approximate surface area is 230 Å². The van der Waals surface area contributed by atoms with Gasteiger partial charge in [-0.2, -0.15) is 0 Å². The van der Waals surface area contributed by atoms with Gasteiger partial charge in [0.15, 0.2) is 5.13 Å². The van der Waals surface area contributed by atoms with Crippen LogP contribution in [0, 0.1) is 0 Å². The molecular formula is C30H29N3O5S. The minimum absolute atomic E-state index is 0.00271. The zero-order chi connectivity index (χ0) is 27.4. The lowest BCUT2D eigenvalue weighted by molar-refractivity contribution is -0.132. The third kappa shape index (κ3) is 5.35. The van der Waals surface area contributed by atoms with Crippen LogP contribution in [-0.2, 0) is 9.59 Å². The number of nitrogens with zero attached hydrogens (tertiary/aromatic N) is 3. The number of amides is 1. The number of ketones is 1. The molecule has 1 N–H and O–H groups in total.